The Morgan fingerprint density at radius 1 is 1.35 bits per heavy atom. The van der Waals surface area contributed by atoms with Crippen LogP contribution in [0.15, 0.2) is 6.33 Å². The Bertz CT molecular complexity index is 607. The summed E-state index contributed by atoms with van der Waals surface area (Å²) < 4.78 is 1.78. The van der Waals surface area contributed by atoms with Crippen molar-refractivity contribution in [1.82, 2.24) is 19.7 Å². The molecule has 1 unspecified atom stereocenters. The van der Waals surface area contributed by atoms with Gasteiger partial charge < -0.3 is 4.90 Å². The van der Waals surface area contributed by atoms with Crippen molar-refractivity contribution < 1.29 is 4.79 Å². The van der Waals surface area contributed by atoms with E-state index < -0.39 is 0 Å². The van der Waals surface area contributed by atoms with Gasteiger partial charge in [-0.3, -0.25) is 4.79 Å². The van der Waals surface area contributed by atoms with E-state index in [2.05, 4.69) is 23.9 Å². The fourth-order valence-corrected chi connectivity index (χ4v) is 4.02. The van der Waals surface area contributed by atoms with E-state index in [0.717, 1.165) is 45.2 Å². The fraction of sp³-hybridized carbons (Fsp3) is 0.765. The molecule has 0 bridgehead atoms. The van der Waals surface area contributed by atoms with Gasteiger partial charge in [0, 0.05) is 19.0 Å². The largest absolute Gasteiger partial charge is 0.342 e. The number of rotatable bonds is 2. The molecule has 2 fully saturated rings. The molecule has 124 valence electrons. The van der Waals surface area contributed by atoms with Crippen molar-refractivity contribution in [3.05, 3.63) is 12.2 Å². The highest BCUT2D eigenvalue weighted by atomic mass is 16.2. The number of aromatic nitrogens is 3. The molecule has 6 nitrogen and oxygen atoms in total. The summed E-state index contributed by atoms with van der Waals surface area (Å²) in [6, 6.07) is 2.20. The summed E-state index contributed by atoms with van der Waals surface area (Å²) in [6.45, 7) is 6.11. The fourth-order valence-electron chi connectivity index (χ4n) is 4.02. The van der Waals surface area contributed by atoms with Crippen LogP contribution in [0.5, 0.6) is 0 Å². The van der Waals surface area contributed by atoms with Crippen LogP contribution in [-0.4, -0.2) is 38.7 Å². The monoisotopic (exact) mass is 315 g/mol. The van der Waals surface area contributed by atoms with E-state index in [9.17, 15) is 4.79 Å². The zero-order valence-electron chi connectivity index (χ0n) is 14.0. The van der Waals surface area contributed by atoms with Crippen LogP contribution in [0.3, 0.4) is 0 Å². The predicted molar refractivity (Wildman–Crippen MR) is 85.3 cm³/mol. The number of hydrogen-bond donors (Lipinski definition) is 0. The number of nitrogens with zero attached hydrogens (tertiary/aromatic N) is 5. The summed E-state index contributed by atoms with van der Waals surface area (Å²) >= 11 is 0. The number of piperidine rings is 1. The maximum absolute atomic E-state index is 12.8. The van der Waals surface area contributed by atoms with Crippen molar-refractivity contribution >= 4 is 5.91 Å². The first-order valence-electron chi connectivity index (χ1n) is 8.58. The van der Waals surface area contributed by atoms with Crippen LogP contribution in [0, 0.1) is 22.7 Å². The molecule has 1 saturated carbocycles. The van der Waals surface area contributed by atoms with Crippen molar-refractivity contribution in [3.8, 4) is 6.07 Å². The van der Waals surface area contributed by atoms with Crippen molar-refractivity contribution in [2.24, 2.45) is 11.3 Å². The first-order chi connectivity index (χ1) is 11.0. The zero-order chi connectivity index (χ0) is 16.4. The highest BCUT2D eigenvalue weighted by Crippen LogP contribution is 2.39. The average Bonchev–Trinajstić information content (AvgIpc) is 3.02. The minimum Gasteiger partial charge on any atom is -0.342 e. The van der Waals surface area contributed by atoms with Gasteiger partial charge >= 0.3 is 0 Å². The second-order valence-electron chi connectivity index (χ2n) is 7.67. The van der Waals surface area contributed by atoms with Gasteiger partial charge in [-0.05, 0) is 37.5 Å². The molecule has 2 aliphatic rings. The molecule has 1 aliphatic carbocycles. The van der Waals surface area contributed by atoms with E-state index in [0.29, 0.717) is 11.3 Å². The Balaban J connectivity index is 1.56. The summed E-state index contributed by atoms with van der Waals surface area (Å²) in [5.41, 5.74) is 0.297. The van der Waals surface area contributed by atoms with Gasteiger partial charge in [0.1, 0.15) is 12.4 Å². The van der Waals surface area contributed by atoms with Gasteiger partial charge in [0.2, 0.25) is 5.91 Å². The van der Waals surface area contributed by atoms with Crippen LogP contribution in [-0.2, 0) is 4.79 Å². The van der Waals surface area contributed by atoms with Crippen LogP contribution in [0.4, 0.5) is 0 Å². The Labute approximate surface area is 137 Å². The molecule has 1 amide bonds. The molecule has 23 heavy (non-hydrogen) atoms. The van der Waals surface area contributed by atoms with Crippen molar-refractivity contribution in [3.63, 3.8) is 0 Å². The summed E-state index contributed by atoms with van der Waals surface area (Å²) in [5, 5.41) is 13.0. The van der Waals surface area contributed by atoms with Gasteiger partial charge in [0.25, 0.3) is 5.82 Å². The minimum absolute atomic E-state index is 0.201. The van der Waals surface area contributed by atoms with Gasteiger partial charge in [-0.15, -0.1) is 5.10 Å². The Kier molecular flexibility index (Phi) is 4.38. The number of amides is 1. The molecule has 0 radical (unpaired) electrons. The maximum atomic E-state index is 12.8. The first-order valence-corrected chi connectivity index (χ1v) is 8.58. The van der Waals surface area contributed by atoms with Gasteiger partial charge in [-0.25, -0.2) is 9.67 Å². The molecule has 1 atom stereocenters. The van der Waals surface area contributed by atoms with Crippen molar-refractivity contribution in [2.45, 2.75) is 58.4 Å². The lowest BCUT2D eigenvalue weighted by Gasteiger charge is -2.39. The lowest BCUT2D eigenvalue weighted by molar-refractivity contribution is -0.139. The second-order valence-corrected chi connectivity index (χ2v) is 7.67. The SMILES string of the molecule is CC1(C)CCCC(C(=O)N2CCC(n3cnc(C#N)n3)CC2)C1. The molecule has 6 heteroatoms. The van der Waals surface area contributed by atoms with Gasteiger partial charge in [0.15, 0.2) is 0 Å². The van der Waals surface area contributed by atoms with Crippen molar-refractivity contribution in [1.29, 1.82) is 5.26 Å². The number of carbonyl (C=O) groups is 1. The van der Waals surface area contributed by atoms with E-state index >= 15 is 0 Å². The van der Waals surface area contributed by atoms with Gasteiger partial charge in [0.05, 0.1) is 6.04 Å². The molecule has 0 aromatic carbocycles. The number of hydrogen-bond acceptors (Lipinski definition) is 4. The van der Waals surface area contributed by atoms with E-state index in [1.54, 1.807) is 11.0 Å². The zero-order valence-corrected chi connectivity index (χ0v) is 14.0. The van der Waals surface area contributed by atoms with Crippen molar-refractivity contribution in [2.75, 3.05) is 13.1 Å². The first kappa shape index (κ1) is 16.0. The lowest BCUT2D eigenvalue weighted by atomic mass is 9.72. The standard InChI is InChI=1S/C17H25N5O/c1-17(2)7-3-4-13(10-17)16(23)21-8-5-14(6-9-21)22-12-19-15(11-18)20-22/h12-14H,3-10H2,1-2H3. The van der Waals surface area contributed by atoms with E-state index in [1.807, 2.05) is 11.0 Å². The third kappa shape index (κ3) is 3.54. The molecule has 1 aliphatic heterocycles. The van der Waals surface area contributed by atoms with E-state index in [4.69, 9.17) is 5.26 Å². The third-order valence-electron chi connectivity index (χ3n) is 5.31. The van der Waals surface area contributed by atoms with Gasteiger partial charge in [-0.1, -0.05) is 20.3 Å². The highest BCUT2D eigenvalue weighted by Gasteiger charge is 2.35. The second kappa shape index (κ2) is 6.31. The molecular formula is C17H25N5O. The predicted octanol–water partition coefficient (Wildman–Crippen LogP) is 2.53. The van der Waals surface area contributed by atoms with Crippen LogP contribution in [0.25, 0.3) is 0 Å². The number of carbonyl (C=O) groups excluding carboxylic acids is 1. The van der Waals surface area contributed by atoms with Crippen LogP contribution in [0.1, 0.15) is 64.2 Å². The molecule has 0 spiro atoms. The highest BCUT2D eigenvalue weighted by molar-refractivity contribution is 5.79. The molecule has 1 aromatic heterocycles. The average molecular weight is 315 g/mol. The third-order valence-corrected chi connectivity index (χ3v) is 5.31. The van der Waals surface area contributed by atoms with Crippen LogP contribution >= 0.6 is 0 Å². The molecule has 0 N–H and O–H groups in total. The van der Waals surface area contributed by atoms with Crippen LogP contribution < -0.4 is 0 Å². The quantitative estimate of drug-likeness (QED) is 0.840. The maximum Gasteiger partial charge on any atom is 0.252 e. The summed E-state index contributed by atoms with van der Waals surface area (Å²) in [7, 11) is 0. The molecule has 3 rings (SSSR count). The van der Waals surface area contributed by atoms with E-state index in [1.165, 1.54) is 6.42 Å². The minimum atomic E-state index is 0.201. The van der Waals surface area contributed by atoms with Crippen LogP contribution in [0.2, 0.25) is 0 Å². The number of nitriles is 1. The lowest BCUT2D eigenvalue weighted by Crippen LogP contribution is -2.44. The van der Waals surface area contributed by atoms with Gasteiger partial charge in [-0.2, -0.15) is 5.26 Å². The topological polar surface area (TPSA) is 74.8 Å². The molecule has 1 aromatic rings. The molecule has 1 saturated heterocycles. The normalized spacial score (nSPS) is 25.1. The molecular weight excluding hydrogens is 290 g/mol. The van der Waals surface area contributed by atoms with E-state index in [-0.39, 0.29) is 17.8 Å². The summed E-state index contributed by atoms with van der Waals surface area (Å²) in [4.78, 5) is 18.8. The Hall–Kier alpha value is -1.90. The smallest absolute Gasteiger partial charge is 0.252 e. The Morgan fingerprint density at radius 3 is 2.70 bits per heavy atom. The summed E-state index contributed by atoms with van der Waals surface area (Å²) in [5.74, 6) is 0.757. The Morgan fingerprint density at radius 2 is 2.09 bits per heavy atom. The molecule has 2 heterocycles. The summed E-state index contributed by atoms with van der Waals surface area (Å²) in [6.07, 6.45) is 7.84. The number of likely N-dealkylation sites (tertiary alicyclic amines) is 1.